The molecule has 11 N–H and O–H groups in total. The Kier molecular flexibility index (Phi) is 17.0. The second kappa shape index (κ2) is 18.7. The van der Waals surface area contributed by atoms with E-state index in [1.54, 1.807) is 0 Å². The zero-order valence-electron chi connectivity index (χ0n) is 21.2. The van der Waals surface area contributed by atoms with Gasteiger partial charge in [0.25, 0.3) is 0 Å². The number of nitrogens with two attached hydrogens (primary N) is 2. The molecule has 17 nitrogen and oxygen atoms in total. The zero-order valence-corrected chi connectivity index (χ0v) is 23.0. The fraction of sp³-hybridized carbons (Fsp3) is 0.619. The monoisotopic (exact) mass is 610 g/mol. The zero-order chi connectivity index (χ0) is 31.0. The van der Waals surface area contributed by atoms with Gasteiger partial charge in [0.15, 0.2) is 0 Å². The highest BCUT2D eigenvalue weighted by atomic mass is 32.1. The Morgan fingerprint density at radius 1 is 0.575 bits per heavy atom. The summed E-state index contributed by atoms with van der Waals surface area (Å²) in [5, 5.41) is 35.6. The number of carboxylic acid groups (broad SMARTS) is 3. The van der Waals surface area contributed by atoms with Crippen LogP contribution in [0.15, 0.2) is 0 Å². The third-order valence-electron chi connectivity index (χ3n) is 5.21. The quantitative estimate of drug-likeness (QED) is 0.0591. The molecule has 0 aromatic carbocycles. The van der Waals surface area contributed by atoms with E-state index in [4.69, 9.17) is 21.7 Å². The van der Waals surface area contributed by atoms with Crippen LogP contribution in [0.3, 0.4) is 0 Å². The Balaban J connectivity index is 5.50. The number of thiol groups is 2. The van der Waals surface area contributed by atoms with Gasteiger partial charge in [-0.25, -0.2) is 4.79 Å². The largest absolute Gasteiger partial charge is 0.481 e. The molecule has 0 saturated carbocycles. The van der Waals surface area contributed by atoms with Crippen molar-refractivity contribution in [2.24, 2.45) is 11.5 Å². The summed E-state index contributed by atoms with van der Waals surface area (Å²) in [4.78, 5) is 94.6. The normalized spacial score (nSPS) is 14.4. The number of primary amides is 1. The van der Waals surface area contributed by atoms with Crippen LogP contribution in [-0.4, -0.2) is 104 Å². The summed E-state index contributed by atoms with van der Waals surface area (Å²) >= 11 is 7.95. The maximum atomic E-state index is 12.9. The van der Waals surface area contributed by atoms with E-state index >= 15 is 0 Å². The molecule has 0 aliphatic heterocycles. The summed E-state index contributed by atoms with van der Waals surface area (Å²) in [5.41, 5.74) is 10.8. The molecule has 0 aliphatic carbocycles. The molecule has 0 saturated heterocycles. The summed E-state index contributed by atoms with van der Waals surface area (Å²) in [7, 11) is 0. The highest BCUT2D eigenvalue weighted by molar-refractivity contribution is 7.80. The first-order valence-corrected chi connectivity index (χ1v) is 13.0. The van der Waals surface area contributed by atoms with Crippen molar-refractivity contribution in [3.8, 4) is 0 Å². The standard InChI is InChI=1S/C21H34N6O11S2/c22-9(1-5-15(29)30)17(33)26-12(7-39)19(35)24-10(2-4-14(23)28)18(34)27-13(8-40)20(36)25-11(21(37)38)3-6-16(31)32/h9-13,39-40H,1-8,22H2,(H2,23,28)(H,24,35)(H,25,36)(H,26,33)(H,27,34)(H,29,30)(H,31,32)(H,37,38)/t9-,10-,11-,12-,13-/m0/s1. The minimum Gasteiger partial charge on any atom is -0.481 e. The number of carbonyl (C=O) groups is 8. The molecular weight excluding hydrogens is 576 g/mol. The van der Waals surface area contributed by atoms with Crippen molar-refractivity contribution >= 4 is 72.7 Å². The number of hydrogen-bond donors (Lipinski definition) is 11. The molecule has 0 fully saturated rings. The van der Waals surface area contributed by atoms with Crippen LogP contribution in [0.25, 0.3) is 0 Å². The van der Waals surface area contributed by atoms with Gasteiger partial charge in [-0.1, -0.05) is 0 Å². The maximum Gasteiger partial charge on any atom is 0.326 e. The molecule has 19 heteroatoms. The molecule has 0 rings (SSSR count). The molecule has 0 spiro atoms. The highest BCUT2D eigenvalue weighted by Crippen LogP contribution is 2.04. The number of aliphatic carboxylic acids is 3. The number of rotatable bonds is 20. The first-order chi connectivity index (χ1) is 18.6. The summed E-state index contributed by atoms with van der Waals surface area (Å²) in [5.74, 6) is -9.14. The number of amides is 5. The first kappa shape index (κ1) is 36.4. The van der Waals surface area contributed by atoms with Crippen LogP contribution in [-0.2, 0) is 38.4 Å². The SMILES string of the molecule is NC(=O)CC[C@H](NC(=O)[C@H](CS)NC(=O)[C@@H](N)CCC(=O)O)C(=O)N[C@@H](CS)C(=O)N[C@@H](CCC(=O)O)C(=O)O. The Hall–Kier alpha value is -3.58. The Bertz CT molecular complexity index is 967. The average molecular weight is 611 g/mol. The van der Waals surface area contributed by atoms with Crippen LogP contribution < -0.4 is 32.7 Å². The summed E-state index contributed by atoms with van der Waals surface area (Å²) in [6.07, 6.45) is -2.28. The van der Waals surface area contributed by atoms with Crippen molar-refractivity contribution in [1.82, 2.24) is 21.3 Å². The van der Waals surface area contributed by atoms with E-state index in [-0.39, 0.29) is 30.8 Å². The van der Waals surface area contributed by atoms with E-state index in [9.17, 15) is 43.5 Å². The molecule has 0 aromatic heterocycles. The van der Waals surface area contributed by atoms with Gasteiger partial charge in [0.1, 0.15) is 24.2 Å². The van der Waals surface area contributed by atoms with Crippen molar-refractivity contribution in [2.45, 2.75) is 68.7 Å². The molecule has 226 valence electrons. The number of nitrogens with one attached hydrogen (secondary N) is 4. The van der Waals surface area contributed by atoms with Gasteiger partial charge in [0.2, 0.25) is 29.5 Å². The van der Waals surface area contributed by atoms with Gasteiger partial charge >= 0.3 is 17.9 Å². The van der Waals surface area contributed by atoms with Crippen molar-refractivity contribution in [3.63, 3.8) is 0 Å². The first-order valence-electron chi connectivity index (χ1n) is 11.8. The number of carboxylic acids is 3. The Morgan fingerprint density at radius 2 is 0.950 bits per heavy atom. The second-order valence-corrected chi connectivity index (χ2v) is 9.15. The topological polar surface area (TPSA) is 297 Å². The van der Waals surface area contributed by atoms with E-state index in [0.717, 1.165) is 0 Å². The van der Waals surface area contributed by atoms with Gasteiger partial charge in [0, 0.05) is 30.8 Å². The fourth-order valence-corrected chi connectivity index (χ4v) is 3.49. The van der Waals surface area contributed by atoms with Crippen LogP contribution in [0.5, 0.6) is 0 Å². The molecule has 0 unspecified atom stereocenters. The lowest BCUT2D eigenvalue weighted by atomic mass is 10.1. The van der Waals surface area contributed by atoms with Gasteiger partial charge in [-0.2, -0.15) is 25.3 Å². The van der Waals surface area contributed by atoms with Gasteiger partial charge in [-0.15, -0.1) is 0 Å². The predicted molar refractivity (Wildman–Crippen MR) is 143 cm³/mol. The lowest BCUT2D eigenvalue weighted by Gasteiger charge is -2.25. The Morgan fingerprint density at radius 3 is 1.38 bits per heavy atom. The summed E-state index contributed by atoms with van der Waals surface area (Å²) in [6, 6.07) is -7.04. The molecule has 5 atom stereocenters. The second-order valence-electron chi connectivity index (χ2n) is 8.42. The van der Waals surface area contributed by atoms with Gasteiger partial charge in [0.05, 0.1) is 6.04 Å². The molecule has 5 amide bonds. The van der Waals surface area contributed by atoms with E-state index < -0.39 is 96.9 Å². The Labute approximate surface area is 239 Å². The number of carbonyl (C=O) groups excluding carboxylic acids is 5. The van der Waals surface area contributed by atoms with Crippen LogP contribution in [0, 0.1) is 0 Å². The maximum absolute atomic E-state index is 12.9. The fourth-order valence-electron chi connectivity index (χ4n) is 2.97. The molecular formula is C21H34N6O11S2. The van der Waals surface area contributed by atoms with E-state index in [1.807, 2.05) is 0 Å². The van der Waals surface area contributed by atoms with Crippen molar-refractivity contribution in [2.75, 3.05) is 11.5 Å². The lowest BCUT2D eigenvalue weighted by molar-refractivity contribution is -0.143. The molecule has 0 radical (unpaired) electrons. The van der Waals surface area contributed by atoms with Gasteiger partial charge in [-0.3, -0.25) is 33.6 Å². The smallest absolute Gasteiger partial charge is 0.326 e. The van der Waals surface area contributed by atoms with E-state index in [1.165, 1.54) is 0 Å². The van der Waals surface area contributed by atoms with E-state index in [2.05, 4.69) is 46.5 Å². The minimum absolute atomic E-state index is 0.210. The van der Waals surface area contributed by atoms with Crippen LogP contribution in [0.4, 0.5) is 0 Å². The molecule has 0 heterocycles. The molecule has 40 heavy (non-hydrogen) atoms. The third-order valence-corrected chi connectivity index (χ3v) is 5.94. The van der Waals surface area contributed by atoms with Crippen molar-refractivity contribution < 1.29 is 53.7 Å². The molecule has 0 aromatic rings. The number of hydrogen-bond acceptors (Lipinski definition) is 11. The van der Waals surface area contributed by atoms with Crippen LogP contribution in [0.1, 0.15) is 38.5 Å². The third kappa shape index (κ3) is 14.5. The predicted octanol–water partition coefficient (Wildman–Crippen LogP) is -3.81. The van der Waals surface area contributed by atoms with Crippen molar-refractivity contribution in [1.29, 1.82) is 0 Å². The lowest BCUT2D eigenvalue weighted by Crippen LogP contribution is -2.59. The summed E-state index contributed by atoms with van der Waals surface area (Å²) in [6.45, 7) is 0. The molecule has 0 aliphatic rings. The van der Waals surface area contributed by atoms with E-state index in [0.29, 0.717) is 0 Å². The van der Waals surface area contributed by atoms with Crippen molar-refractivity contribution in [3.05, 3.63) is 0 Å². The molecule has 0 bridgehead atoms. The van der Waals surface area contributed by atoms with Crippen LogP contribution in [0.2, 0.25) is 0 Å². The average Bonchev–Trinajstić information content (AvgIpc) is 2.87. The van der Waals surface area contributed by atoms with Crippen LogP contribution >= 0.6 is 25.3 Å². The highest BCUT2D eigenvalue weighted by Gasteiger charge is 2.31. The minimum atomic E-state index is -1.57. The summed E-state index contributed by atoms with van der Waals surface area (Å²) < 4.78 is 0. The van der Waals surface area contributed by atoms with Gasteiger partial charge in [-0.05, 0) is 19.3 Å². The van der Waals surface area contributed by atoms with Gasteiger partial charge < -0.3 is 48.1 Å².